The monoisotopic (exact) mass is 577 g/mol. The maximum Gasteiger partial charge on any atom is 0.434 e. The zero-order chi connectivity index (χ0) is 22.1. The number of rotatable bonds is 8. The van der Waals surface area contributed by atoms with Gasteiger partial charge in [-0.3, -0.25) is 4.98 Å². The summed E-state index contributed by atoms with van der Waals surface area (Å²) in [5.74, 6) is 1.23. The van der Waals surface area contributed by atoms with Crippen molar-refractivity contribution >= 4 is 41.3 Å². The Bertz CT molecular complexity index is 981. The van der Waals surface area contributed by atoms with E-state index < -0.39 is 11.9 Å². The number of nitrogens with one attached hydrogen (secondary N) is 2. The first-order valence-electron chi connectivity index (χ1n) is 9.59. The van der Waals surface area contributed by atoms with Crippen molar-refractivity contribution in [1.82, 2.24) is 20.6 Å². The first-order chi connectivity index (χ1) is 14.9. The van der Waals surface area contributed by atoms with E-state index in [1.165, 1.54) is 0 Å². The van der Waals surface area contributed by atoms with E-state index >= 15 is 0 Å². The predicted molar refractivity (Wildman–Crippen MR) is 129 cm³/mol. The second kappa shape index (κ2) is 12.6. The molecule has 2 aromatic heterocycles. The molecule has 6 nitrogen and oxygen atoms in total. The van der Waals surface area contributed by atoms with E-state index in [-0.39, 0.29) is 30.5 Å². The molecule has 0 unspecified atom stereocenters. The third-order valence-electron chi connectivity index (χ3n) is 4.05. The molecule has 0 fully saturated rings. The molecule has 0 amide bonds. The molecule has 0 aliphatic rings. The van der Waals surface area contributed by atoms with Gasteiger partial charge in [0.1, 0.15) is 17.4 Å². The van der Waals surface area contributed by atoms with Gasteiger partial charge in [0, 0.05) is 18.1 Å². The SMILES string of the molecule is CCNC(=NCc1ccc(OCc2ccccn2)cc1)NCc1nc(C(F)(F)F)cs1.I. The average Bonchev–Trinajstić information content (AvgIpc) is 3.25. The number of hydrogen-bond donors (Lipinski definition) is 2. The van der Waals surface area contributed by atoms with Crippen LogP contribution in [0.3, 0.4) is 0 Å². The number of halogens is 4. The third-order valence-corrected chi connectivity index (χ3v) is 4.90. The lowest BCUT2D eigenvalue weighted by Crippen LogP contribution is -2.36. The summed E-state index contributed by atoms with van der Waals surface area (Å²) >= 11 is 0.961. The summed E-state index contributed by atoms with van der Waals surface area (Å²) in [4.78, 5) is 12.3. The third kappa shape index (κ3) is 8.26. The van der Waals surface area contributed by atoms with Crippen molar-refractivity contribution in [1.29, 1.82) is 0 Å². The van der Waals surface area contributed by atoms with Gasteiger partial charge >= 0.3 is 6.18 Å². The number of aromatic nitrogens is 2. The summed E-state index contributed by atoms with van der Waals surface area (Å²) in [5, 5.41) is 7.43. The zero-order valence-corrected chi connectivity index (χ0v) is 20.4. The van der Waals surface area contributed by atoms with Crippen molar-refractivity contribution < 1.29 is 17.9 Å². The average molecular weight is 577 g/mol. The minimum atomic E-state index is -4.43. The van der Waals surface area contributed by atoms with Crippen LogP contribution in [0.25, 0.3) is 0 Å². The molecule has 172 valence electrons. The lowest BCUT2D eigenvalue weighted by Gasteiger charge is -2.10. The molecular formula is C21H23F3IN5OS. The van der Waals surface area contributed by atoms with Crippen molar-refractivity contribution in [3.8, 4) is 5.75 Å². The first kappa shape index (κ1) is 25.8. The van der Waals surface area contributed by atoms with Gasteiger partial charge in [0.2, 0.25) is 0 Å². The quantitative estimate of drug-likeness (QED) is 0.224. The van der Waals surface area contributed by atoms with E-state index in [1.807, 2.05) is 49.4 Å². The maximum atomic E-state index is 12.7. The highest BCUT2D eigenvalue weighted by atomic mass is 127. The molecule has 0 atom stereocenters. The Balaban J connectivity index is 0.00000363. The topological polar surface area (TPSA) is 71.4 Å². The molecule has 0 bridgehead atoms. The molecule has 2 N–H and O–H groups in total. The minimum absolute atomic E-state index is 0. The second-order valence-corrected chi connectivity index (χ2v) is 7.37. The Kier molecular flexibility index (Phi) is 10.2. The van der Waals surface area contributed by atoms with Crippen molar-refractivity contribution in [3.63, 3.8) is 0 Å². The number of hydrogen-bond acceptors (Lipinski definition) is 5. The van der Waals surface area contributed by atoms with Gasteiger partial charge in [-0.25, -0.2) is 9.98 Å². The van der Waals surface area contributed by atoms with Crippen LogP contribution in [-0.4, -0.2) is 22.5 Å². The van der Waals surface area contributed by atoms with Crippen LogP contribution in [0.1, 0.15) is 28.9 Å². The van der Waals surface area contributed by atoms with E-state index in [0.29, 0.717) is 30.7 Å². The Morgan fingerprint density at radius 3 is 2.53 bits per heavy atom. The molecular weight excluding hydrogens is 554 g/mol. The van der Waals surface area contributed by atoms with Crippen LogP contribution in [0.5, 0.6) is 5.75 Å². The molecule has 32 heavy (non-hydrogen) atoms. The highest BCUT2D eigenvalue weighted by molar-refractivity contribution is 14.0. The number of nitrogens with zero attached hydrogens (tertiary/aromatic N) is 3. The lowest BCUT2D eigenvalue weighted by molar-refractivity contribution is -0.140. The fourth-order valence-electron chi connectivity index (χ4n) is 2.53. The summed E-state index contributed by atoms with van der Waals surface area (Å²) < 4.78 is 43.7. The van der Waals surface area contributed by atoms with Crippen molar-refractivity contribution in [2.24, 2.45) is 4.99 Å². The van der Waals surface area contributed by atoms with E-state index in [4.69, 9.17) is 4.74 Å². The fourth-order valence-corrected chi connectivity index (χ4v) is 3.27. The van der Waals surface area contributed by atoms with Crippen LogP contribution in [0.2, 0.25) is 0 Å². The number of guanidine groups is 1. The van der Waals surface area contributed by atoms with Crippen LogP contribution < -0.4 is 15.4 Å². The molecule has 0 saturated heterocycles. The number of aliphatic imine (C=N–C) groups is 1. The Morgan fingerprint density at radius 2 is 1.91 bits per heavy atom. The number of ether oxygens (including phenoxy) is 1. The van der Waals surface area contributed by atoms with Crippen LogP contribution in [0.15, 0.2) is 59.0 Å². The molecule has 0 radical (unpaired) electrons. The number of pyridine rings is 1. The van der Waals surface area contributed by atoms with Crippen LogP contribution in [-0.2, 0) is 25.9 Å². The fraction of sp³-hybridized carbons (Fsp3) is 0.286. The molecule has 3 aromatic rings. The summed E-state index contributed by atoms with van der Waals surface area (Å²) in [5.41, 5.74) is 0.942. The van der Waals surface area contributed by atoms with Crippen LogP contribution in [0.4, 0.5) is 13.2 Å². The summed E-state index contributed by atoms with van der Waals surface area (Å²) in [6.45, 7) is 3.49. The van der Waals surface area contributed by atoms with Gasteiger partial charge in [-0.1, -0.05) is 18.2 Å². The second-order valence-electron chi connectivity index (χ2n) is 6.43. The van der Waals surface area contributed by atoms with Crippen molar-refractivity contribution in [3.05, 3.63) is 76.0 Å². The highest BCUT2D eigenvalue weighted by Crippen LogP contribution is 2.29. The standard InChI is InChI=1S/C21H22F3N5OS.HI/c1-2-25-20(28-12-19-29-18(14-31-19)21(22,23)24)27-11-15-6-8-17(9-7-15)30-13-16-5-3-4-10-26-16;/h3-10,14H,2,11-13H2,1H3,(H2,25,27,28);1H. The van der Waals surface area contributed by atoms with Gasteiger partial charge in [-0.2, -0.15) is 13.2 Å². The Morgan fingerprint density at radius 1 is 1.12 bits per heavy atom. The maximum absolute atomic E-state index is 12.7. The molecule has 0 aliphatic heterocycles. The molecule has 3 rings (SSSR count). The Hall–Kier alpha value is -2.41. The number of thiazole rings is 1. The van der Waals surface area contributed by atoms with Gasteiger partial charge in [0.05, 0.1) is 18.8 Å². The normalized spacial score (nSPS) is 11.6. The minimum Gasteiger partial charge on any atom is -0.487 e. The number of benzene rings is 1. The van der Waals surface area contributed by atoms with E-state index in [0.717, 1.165) is 33.7 Å². The molecule has 0 saturated carbocycles. The molecule has 0 aliphatic carbocycles. The summed E-state index contributed by atoms with van der Waals surface area (Å²) in [7, 11) is 0. The van der Waals surface area contributed by atoms with Gasteiger partial charge in [-0.15, -0.1) is 35.3 Å². The van der Waals surface area contributed by atoms with Crippen LogP contribution >= 0.6 is 35.3 Å². The van der Waals surface area contributed by atoms with Gasteiger partial charge in [-0.05, 0) is 36.8 Å². The number of alkyl halides is 3. The van der Waals surface area contributed by atoms with E-state index in [9.17, 15) is 13.2 Å². The van der Waals surface area contributed by atoms with Gasteiger partial charge < -0.3 is 15.4 Å². The van der Waals surface area contributed by atoms with Crippen molar-refractivity contribution in [2.45, 2.75) is 32.8 Å². The van der Waals surface area contributed by atoms with Gasteiger partial charge in [0.15, 0.2) is 11.7 Å². The molecule has 11 heteroatoms. The van der Waals surface area contributed by atoms with Gasteiger partial charge in [0.25, 0.3) is 0 Å². The summed E-state index contributed by atoms with van der Waals surface area (Å²) in [6.07, 6.45) is -2.71. The lowest BCUT2D eigenvalue weighted by atomic mass is 10.2. The first-order valence-corrected chi connectivity index (χ1v) is 10.5. The van der Waals surface area contributed by atoms with E-state index in [1.54, 1.807) is 6.20 Å². The molecule has 1 aromatic carbocycles. The highest BCUT2D eigenvalue weighted by Gasteiger charge is 2.33. The van der Waals surface area contributed by atoms with E-state index in [2.05, 4.69) is 25.6 Å². The predicted octanol–water partition coefficient (Wildman–Crippen LogP) is 5.01. The van der Waals surface area contributed by atoms with Crippen molar-refractivity contribution in [2.75, 3.05) is 6.54 Å². The Labute approximate surface area is 205 Å². The smallest absolute Gasteiger partial charge is 0.434 e. The molecule has 2 heterocycles. The zero-order valence-electron chi connectivity index (χ0n) is 17.2. The van der Waals surface area contributed by atoms with Crippen LogP contribution in [0, 0.1) is 0 Å². The largest absolute Gasteiger partial charge is 0.487 e. The summed E-state index contributed by atoms with van der Waals surface area (Å²) in [6, 6.07) is 13.2. The molecule has 0 spiro atoms.